The maximum absolute atomic E-state index is 5.57. The van der Waals surface area contributed by atoms with Gasteiger partial charge in [0.15, 0.2) is 0 Å². The van der Waals surface area contributed by atoms with Crippen molar-refractivity contribution < 1.29 is 4.74 Å². The van der Waals surface area contributed by atoms with E-state index in [1.165, 1.54) is 38.5 Å². The molecule has 0 aromatic rings. The molecule has 0 aromatic heterocycles. The fourth-order valence-electron chi connectivity index (χ4n) is 3.49. The lowest BCUT2D eigenvalue weighted by Gasteiger charge is -2.39. The summed E-state index contributed by atoms with van der Waals surface area (Å²) in [6.07, 6.45) is 9.36. The van der Waals surface area contributed by atoms with Crippen LogP contribution in [0, 0.1) is 5.41 Å². The maximum atomic E-state index is 5.57. The van der Waals surface area contributed by atoms with Gasteiger partial charge in [-0.15, -0.1) is 0 Å². The predicted molar refractivity (Wildman–Crippen MR) is 79.0 cm³/mol. The zero-order valence-electron chi connectivity index (χ0n) is 13.1. The highest BCUT2D eigenvalue weighted by Crippen LogP contribution is 2.45. The van der Waals surface area contributed by atoms with Crippen molar-refractivity contribution >= 4 is 0 Å². The number of ether oxygens (including phenoxy) is 1. The Hall–Kier alpha value is -0.0800. The van der Waals surface area contributed by atoms with E-state index in [9.17, 15) is 0 Å². The van der Waals surface area contributed by atoms with Crippen LogP contribution in [0.2, 0.25) is 0 Å². The fraction of sp³-hybridized carbons (Fsp3) is 1.00. The molecule has 0 heterocycles. The first-order valence-corrected chi connectivity index (χ1v) is 7.78. The van der Waals surface area contributed by atoms with Crippen LogP contribution < -0.4 is 5.32 Å². The van der Waals surface area contributed by atoms with Crippen molar-refractivity contribution in [3.8, 4) is 0 Å². The molecule has 1 N–H and O–H groups in total. The van der Waals surface area contributed by atoms with E-state index in [2.05, 4.69) is 33.0 Å². The molecule has 0 aromatic carbocycles. The summed E-state index contributed by atoms with van der Waals surface area (Å²) in [6, 6.07) is 0.671. The van der Waals surface area contributed by atoms with Crippen molar-refractivity contribution in [3.63, 3.8) is 0 Å². The minimum atomic E-state index is 0.0151. The van der Waals surface area contributed by atoms with Crippen molar-refractivity contribution in [2.75, 3.05) is 13.7 Å². The van der Waals surface area contributed by atoms with E-state index in [0.29, 0.717) is 11.5 Å². The third-order valence-corrected chi connectivity index (χ3v) is 5.08. The molecule has 0 aliphatic heterocycles. The van der Waals surface area contributed by atoms with Gasteiger partial charge in [0.1, 0.15) is 0 Å². The molecular weight excluding hydrogens is 222 g/mol. The quantitative estimate of drug-likeness (QED) is 0.704. The summed E-state index contributed by atoms with van der Waals surface area (Å²) in [7, 11) is 1.83. The largest absolute Gasteiger partial charge is 0.379 e. The van der Waals surface area contributed by atoms with Crippen LogP contribution in [0.15, 0.2) is 0 Å². The molecule has 1 unspecified atom stereocenters. The first-order chi connectivity index (χ1) is 8.49. The van der Waals surface area contributed by atoms with Gasteiger partial charge < -0.3 is 10.1 Å². The van der Waals surface area contributed by atoms with E-state index in [1.807, 2.05) is 7.11 Å². The molecule has 0 amide bonds. The van der Waals surface area contributed by atoms with E-state index in [4.69, 9.17) is 4.74 Å². The van der Waals surface area contributed by atoms with Crippen LogP contribution in [-0.2, 0) is 4.74 Å². The molecule has 0 saturated heterocycles. The van der Waals surface area contributed by atoms with Gasteiger partial charge in [0, 0.05) is 13.2 Å². The van der Waals surface area contributed by atoms with Crippen LogP contribution in [-0.4, -0.2) is 25.3 Å². The first-order valence-electron chi connectivity index (χ1n) is 7.78. The van der Waals surface area contributed by atoms with Gasteiger partial charge in [-0.1, -0.05) is 26.7 Å². The lowest BCUT2D eigenvalue weighted by molar-refractivity contribution is 0.00655. The minimum Gasteiger partial charge on any atom is -0.379 e. The molecule has 108 valence electrons. The van der Waals surface area contributed by atoms with Gasteiger partial charge in [-0.25, -0.2) is 0 Å². The number of hydrogen-bond donors (Lipinski definition) is 1. The molecule has 1 rings (SSSR count). The van der Waals surface area contributed by atoms with E-state index in [0.717, 1.165) is 13.0 Å². The van der Waals surface area contributed by atoms with Crippen LogP contribution >= 0.6 is 0 Å². The molecule has 18 heavy (non-hydrogen) atoms. The summed E-state index contributed by atoms with van der Waals surface area (Å²) < 4.78 is 5.57. The van der Waals surface area contributed by atoms with Crippen molar-refractivity contribution in [2.45, 2.75) is 84.3 Å². The van der Waals surface area contributed by atoms with E-state index in [-0.39, 0.29) is 5.60 Å². The van der Waals surface area contributed by atoms with Crippen molar-refractivity contribution in [1.82, 2.24) is 5.32 Å². The van der Waals surface area contributed by atoms with Crippen LogP contribution in [0.3, 0.4) is 0 Å². The summed E-state index contributed by atoms with van der Waals surface area (Å²) >= 11 is 0. The second-order valence-corrected chi connectivity index (χ2v) is 6.54. The van der Waals surface area contributed by atoms with Crippen LogP contribution in [0.5, 0.6) is 0 Å². The minimum absolute atomic E-state index is 0.0151. The van der Waals surface area contributed by atoms with Gasteiger partial charge in [0.05, 0.1) is 5.60 Å². The molecule has 0 radical (unpaired) electrons. The SMILES string of the molecule is CCNC(CCC(C)(C)OC)C1(CC)CCCC1. The second kappa shape index (κ2) is 6.91. The number of rotatable bonds is 8. The molecule has 1 saturated carbocycles. The highest BCUT2D eigenvalue weighted by atomic mass is 16.5. The lowest BCUT2D eigenvalue weighted by Crippen LogP contribution is -2.44. The predicted octanol–water partition coefficient (Wildman–Crippen LogP) is 4.14. The Balaban J connectivity index is 2.63. The van der Waals surface area contributed by atoms with Crippen LogP contribution in [0.25, 0.3) is 0 Å². The van der Waals surface area contributed by atoms with E-state index < -0.39 is 0 Å². The Kier molecular flexibility index (Phi) is 6.13. The Morgan fingerprint density at radius 2 is 1.83 bits per heavy atom. The molecule has 1 aliphatic rings. The third kappa shape index (κ3) is 3.96. The molecule has 2 heteroatoms. The summed E-state index contributed by atoms with van der Waals surface area (Å²) in [4.78, 5) is 0. The Morgan fingerprint density at radius 1 is 1.22 bits per heavy atom. The van der Waals surface area contributed by atoms with E-state index in [1.54, 1.807) is 0 Å². The molecule has 1 fully saturated rings. The number of hydrogen-bond acceptors (Lipinski definition) is 2. The summed E-state index contributed by atoms with van der Waals surface area (Å²) in [6.45, 7) is 10.1. The van der Waals surface area contributed by atoms with Crippen LogP contribution in [0.1, 0.15) is 72.6 Å². The van der Waals surface area contributed by atoms with Crippen molar-refractivity contribution in [2.24, 2.45) is 5.41 Å². The zero-order chi connectivity index (χ0) is 13.6. The molecule has 0 spiro atoms. The number of nitrogens with one attached hydrogen (secondary N) is 1. The number of methoxy groups -OCH3 is 1. The fourth-order valence-corrected chi connectivity index (χ4v) is 3.49. The molecule has 0 bridgehead atoms. The van der Waals surface area contributed by atoms with Gasteiger partial charge in [-0.2, -0.15) is 0 Å². The van der Waals surface area contributed by atoms with Gasteiger partial charge in [-0.3, -0.25) is 0 Å². The topological polar surface area (TPSA) is 21.3 Å². The molecule has 2 nitrogen and oxygen atoms in total. The van der Waals surface area contributed by atoms with Gasteiger partial charge >= 0.3 is 0 Å². The van der Waals surface area contributed by atoms with Gasteiger partial charge in [0.2, 0.25) is 0 Å². The highest BCUT2D eigenvalue weighted by molar-refractivity contribution is 4.94. The standard InChI is InChI=1S/C16H33NO/c1-6-16(11-8-9-12-16)14(17-7-2)10-13-15(3,4)18-5/h14,17H,6-13H2,1-5H3. The normalized spacial score (nSPS) is 21.2. The summed E-state index contributed by atoms with van der Waals surface area (Å²) in [5, 5.41) is 3.76. The molecular formula is C16H33NO. The van der Waals surface area contributed by atoms with Crippen molar-refractivity contribution in [1.29, 1.82) is 0 Å². The second-order valence-electron chi connectivity index (χ2n) is 6.54. The average Bonchev–Trinajstić information content (AvgIpc) is 2.84. The monoisotopic (exact) mass is 255 g/mol. The van der Waals surface area contributed by atoms with Gasteiger partial charge in [-0.05, 0) is 57.9 Å². The first kappa shape index (κ1) is 16.0. The Bertz CT molecular complexity index is 231. The highest BCUT2D eigenvalue weighted by Gasteiger charge is 2.39. The smallest absolute Gasteiger partial charge is 0.0623 e. The third-order valence-electron chi connectivity index (χ3n) is 5.08. The zero-order valence-corrected chi connectivity index (χ0v) is 13.1. The van der Waals surface area contributed by atoms with Crippen molar-refractivity contribution in [3.05, 3.63) is 0 Å². The lowest BCUT2D eigenvalue weighted by atomic mass is 9.73. The Labute approximate surface area is 114 Å². The molecule has 1 aliphatic carbocycles. The van der Waals surface area contributed by atoms with Gasteiger partial charge in [0.25, 0.3) is 0 Å². The average molecular weight is 255 g/mol. The molecule has 1 atom stereocenters. The Morgan fingerprint density at radius 3 is 2.28 bits per heavy atom. The summed E-state index contributed by atoms with van der Waals surface area (Å²) in [5.74, 6) is 0. The maximum Gasteiger partial charge on any atom is 0.0623 e. The van der Waals surface area contributed by atoms with E-state index >= 15 is 0 Å². The summed E-state index contributed by atoms with van der Waals surface area (Å²) in [5.41, 5.74) is 0.570. The van der Waals surface area contributed by atoms with Crippen LogP contribution in [0.4, 0.5) is 0 Å².